The molecule has 0 aliphatic heterocycles. The van der Waals surface area contributed by atoms with Crippen molar-refractivity contribution in [1.29, 1.82) is 5.26 Å². The van der Waals surface area contributed by atoms with Crippen LogP contribution in [0.5, 0.6) is 5.75 Å². The monoisotopic (exact) mass is 427 g/mol. The van der Waals surface area contributed by atoms with Crippen molar-refractivity contribution in [3.8, 4) is 11.8 Å². The molecule has 160 valence electrons. The number of allylic oxidation sites excluding steroid dienone is 1. The predicted octanol–water partition coefficient (Wildman–Crippen LogP) is 5.12. The molecule has 0 aliphatic carbocycles. The number of anilines is 2. The number of nitrogens with zero attached hydrogens (tertiary/aromatic N) is 1. The van der Waals surface area contributed by atoms with Gasteiger partial charge in [0.1, 0.15) is 5.75 Å². The van der Waals surface area contributed by atoms with Crippen LogP contribution in [0.15, 0.2) is 42.5 Å². The lowest BCUT2D eigenvalue weighted by atomic mass is 10.0. The largest absolute Gasteiger partial charge is 0.497 e. The van der Waals surface area contributed by atoms with E-state index >= 15 is 0 Å². The first-order valence-corrected chi connectivity index (χ1v) is 11.7. The highest BCUT2D eigenvalue weighted by Crippen LogP contribution is 2.30. The Bertz CT molecular complexity index is 1010. The van der Waals surface area contributed by atoms with Crippen molar-refractivity contribution in [1.82, 2.24) is 0 Å². The van der Waals surface area contributed by atoms with Gasteiger partial charge < -0.3 is 10.1 Å². The Balaban J connectivity index is 2.30. The van der Waals surface area contributed by atoms with E-state index in [0.717, 1.165) is 42.0 Å². The Morgan fingerprint density at radius 2 is 1.87 bits per heavy atom. The maximum absolute atomic E-state index is 11.9. The Morgan fingerprint density at radius 3 is 2.47 bits per heavy atom. The highest BCUT2D eigenvalue weighted by atomic mass is 32.2. The molecule has 0 heterocycles. The second-order valence-corrected chi connectivity index (χ2v) is 8.75. The van der Waals surface area contributed by atoms with Gasteiger partial charge in [-0.25, -0.2) is 8.42 Å². The van der Waals surface area contributed by atoms with Crippen molar-refractivity contribution in [3.05, 3.63) is 53.6 Å². The molecular formula is C23H29N3O3S. The number of hydrogen-bond donors (Lipinski definition) is 2. The molecule has 0 unspecified atom stereocenters. The number of nitriles is 1. The summed E-state index contributed by atoms with van der Waals surface area (Å²) in [5, 5.41) is 13.1. The third-order valence-corrected chi connectivity index (χ3v) is 5.94. The van der Waals surface area contributed by atoms with Gasteiger partial charge in [-0.1, -0.05) is 32.4 Å². The molecule has 2 N–H and O–H groups in total. The van der Waals surface area contributed by atoms with Crippen LogP contribution in [0.4, 0.5) is 11.4 Å². The van der Waals surface area contributed by atoms with Crippen molar-refractivity contribution in [2.45, 2.75) is 33.1 Å². The average molecular weight is 428 g/mol. The first-order valence-electron chi connectivity index (χ1n) is 10.1. The Kier molecular flexibility index (Phi) is 8.75. The van der Waals surface area contributed by atoms with Crippen molar-refractivity contribution >= 4 is 33.0 Å². The summed E-state index contributed by atoms with van der Waals surface area (Å²) in [6, 6.07) is 14.8. The van der Waals surface area contributed by atoms with Gasteiger partial charge in [-0.15, -0.1) is 0 Å². The second kappa shape index (κ2) is 11.3. The van der Waals surface area contributed by atoms with E-state index in [2.05, 4.69) is 23.0 Å². The summed E-state index contributed by atoms with van der Waals surface area (Å²) in [4.78, 5) is 0. The summed E-state index contributed by atoms with van der Waals surface area (Å²) in [6.45, 7) is 4.75. The zero-order chi connectivity index (χ0) is 22.0. The molecular weight excluding hydrogens is 398 g/mol. The van der Waals surface area contributed by atoms with E-state index in [-0.39, 0.29) is 5.75 Å². The van der Waals surface area contributed by atoms with Crippen LogP contribution in [0.3, 0.4) is 0 Å². The highest BCUT2D eigenvalue weighted by Gasteiger charge is 2.11. The number of ether oxygens (including phenoxy) is 1. The molecule has 0 saturated heterocycles. The van der Waals surface area contributed by atoms with E-state index in [0.29, 0.717) is 17.7 Å². The lowest BCUT2D eigenvalue weighted by Gasteiger charge is -2.13. The maximum atomic E-state index is 11.9. The topological polar surface area (TPSA) is 91.2 Å². The number of sulfonamides is 1. The van der Waals surface area contributed by atoms with Crippen molar-refractivity contribution in [3.63, 3.8) is 0 Å². The fourth-order valence-corrected chi connectivity index (χ4v) is 4.05. The van der Waals surface area contributed by atoms with Gasteiger partial charge in [-0.05, 0) is 48.7 Å². The number of nitrogens with one attached hydrogen (secondary N) is 2. The fourth-order valence-electron chi connectivity index (χ4n) is 2.91. The van der Waals surface area contributed by atoms with Gasteiger partial charge in [0.15, 0.2) is 0 Å². The van der Waals surface area contributed by atoms with Crippen LogP contribution in [0.2, 0.25) is 0 Å². The van der Waals surface area contributed by atoms with Crippen LogP contribution >= 0.6 is 0 Å². The molecule has 0 fully saturated rings. The van der Waals surface area contributed by atoms with Crippen LogP contribution in [0, 0.1) is 11.3 Å². The normalized spacial score (nSPS) is 11.6. The van der Waals surface area contributed by atoms with Crippen molar-refractivity contribution < 1.29 is 13.2 Å². The van der Waals surface area contributed by atoms with Gasteiger partial charge >= 0.3 is 0 Å². The summed E-state index contributed by atoms with van der Waals surface area (Å²) in [7, 11) is -1.72. The van der Waals surface area contributed by atoms with E-state index < -0.39 is 10.0 Å². The molecule has 0 amide bonds. The molecule has 0 atom stereocenters. The summed E-state index contributed by atoms with van der Waals surface area (Å²) in [5.74, 6) is 0.803. The van der Waals surface area contributed by atoms with Gasteiger partial charge in [-0.3, -0.25) is 4.72 Å². The lowest BCUT2D eigenvalue weighted by molar-refractivity contribution is 0.415. The fraction of sp³-hybridized carbons (Fsp3) is 0.348. The number of hydrogen-bond acceptors (Lipinski definition) is 5. The molecule has 6 nitrogen and oxygen atoms in total. The van der Waals surface area contributed by atoms with E-state index in [1.54, 1.807) is 37.5 Å². The zero-order valence-electron chi connectivity index (χ0n) is 17.7. The number of rotatable bonds is 11. The minimum atomic E-state index is -3.33. The van der Waals surface area contributed by atoms with E-state index in [9.17, 15) is 13.7 Å². The van der Waals surface area contributed by atoms with Crippen LogP contribution in [-0.4, -0.2) is 27.8 Å². The minimum absolute atomic E-state index is 0.0819. The van der Waals surface area contributed by atoms with Crippen molar-refractivity contribution in [2.75, 3.05) is 29.4 Å². The average Bonchev–Trinajstić information content (AvgIpc) is 2.73. The number of benzene rings is 2. The Hall–Kier alpha value is -2.98. The van der Waals surface area contributed by atoms with E-state index in [4.69, 9.17) is 4.74 Å². The second-order valence-electron chi connectivity index (χ2n) is 6.90. The summed E-state index contributed by atoms with van der Waals surface area (Å²) in [6.07, 6.45) is 4.44. The predicted molar refractivity (Wildman–Crippen MR) is 124 cm³/mol. The van der Waals surface area contributed by atoms with Gasteiger partial charge in [0.05, 0.1) is 24.5 Å². The molecule has 2 aromatic rings. The molecule has 0 radical (unpaired) electrons. The number of methoxy groups -OCH3 is 1. The molecule has 0 aliphatic rings. The zero-order valence-corrected chi connectivity index (χ0v) is 18.6. The first kappa shape index (κ1) is 23.3. The van der Waals surface area contributed by atoms with Gasteiger partial charge in [0.2, 0.25) is 10.0 Å². The maximum Gasteiger partial charge on any atom is 0.232 e. The molecule has 7 heteroatoms. The molecule has 0 bridgehead atoms. The SMILES string of the molecule is CCCCNc1cc(OC)ccc1/C(C#N)=C/c1ccc(NS(=O)(=O)CCC)cc1. The van der Waals surface area contributed by atoms with Gasteiger partial charge in [0.25, 0.3) is 0 Å². The van der Waals surface area contributed by atoms with Crippen LogP contribution in [0.25, 0.3) is 11.6 Å². The quantitative estimate of drug-likeness (QED) is 0.295. The van der Waals surface area contributed by atoms with Crippen LogP contribution < -0.4 is 14.8 Å². The van der Waals surface area contributed by atoms with Crippen LogP contribution in [0.1, 0.15) is 44.2 Å². The van der Waals surface area contributed by atoms with E-state index in [1.807, 2.05) is 25.1 Å². The Labute approximate surface area is 179 Å². The minimum Gasteiger partial charge on any atom is -0.497 e. The smallest absolute Gasteiger partial charge is 0.232 e. The molecule has 0 saturated carbocycles. The van der Waals surface area contributed by atoms with Crippen LogP contribution in [-0.2, 0) is 10.0 Å². The van der Waals surface area contributed by atoms with Gasteiger partial charge in [0, 0.05) is 29.5 Å². The number of unbranched alkanes of at least 4 members (excludes halogenated alkanes) is 1. The third kappa shape index (κ3) is 6.82. The van der Waals surface area contributed by atoms with Gasteiger partial charge in [-0.2, -0.15) is 5.26 Å². The first-order chi connectivity index (χ1) is 14.4. The summed E-state index contributed by atoms with van der Waals surface area (Å²) >= 11 is 0. The third-order valence-electron chi connectivity index (χ3n) is 4.45. The van der Waals surface area contributed by atoms with Crippen molar-refractivity contribution in [2.24, 2.45) is 0 Å². The summed E-state index contributed by atoms with van der Waals surface area (Å²) in [5.41, 5.74) is 3.46. The summed E-state index contributed by atoms with van der Waals surface area (Å²) < 4.78 is 31.7. The Morgan fingerprint density at radius 1 is 1.13 bits per heavy atom. The molecule has 2 rings (SSSR count). The highest BCUT2D eigenvalue weighted by molar-refractivity contribution is 7.92. The van der Waals surface area contributed by atoms with E-state index in [1.165, 1.54) is 0 Å². The molecule has 2 aromatic carbocycles. The molecule has 30 heavy (non-hydrogen) atoms. The lowest BCUT2D eigenvalue weighted by Crippen LogP contribution is -2.15. The standard InChI is InChI=1S/C23H29N3O3S/c1-4-6-13-25-23-16-21(29-3)11-12-22(23)19(17-24)15-18-7-9-20(10-8-18)26-30(27,28)14-5-2/h7-12,15-16,25-26H,4-6,13-14H2,1-3H3/b19-15+. The molecule has 0 spiro atoms. The molecule has 0 aromatic heterocycles.